The number of nitrogens with one attached hydrogen (secondary N) is 1. The van der Waals surface area contributed by atoms with Crippen LogP contribution in [-0.2, 0) is 39.5 Å². The van der Waals surface area contributed by atoms with Crippen LogP contribution in [0.2, 0.25) is 5.02 Å². The van der Waals surface area contributed by atoms with E-state index >= 15 is 0 Å². The Morgan fingerprint density at radius 2 is 2.11 bits per heavy atom. The van der Waals surface area contributed by atoms with Crippen LogP contribution < -0.4 is 10.9 Å². The minimum Gasteiger partial charge on any atom is -0.458 e. The minimum absolute atomic E-state index is 0.00726. The van der Waals surface area contributed by atoms with E-state index in [9.17, 15) is 29.0 Å². The highest BCUT2D eigenvalue weighted by atomic mass is 35.5. The molecule has 2 atom stereocenters. The zero-order valence-corrected chi connectivity index (χ0v) is 19.9. The second kappa shape index (κ2) is 7.83. The molecular weight excluding hydrogens is 493 g/mol. The number of nitrogens with zero attached hydrogens (tertiary/aromatic N) is 2. The van der Waals surface area contributed by atoms with Crippen LogP contribution in [0.4, 0.5) is 4.39 Å². The molecule has 0 bridgehead atoms. The molecule has 0 fully saturated rings. The van der Waals surface area contributed by atoms with Crippen molar-refractivity contribution in [2.45, 2.75) is 51.0 Å². The minimum atomic E-state index is -1.97. The maximum atomic E-state index is 14.7. The average molecular weight is 514 g/mol. The largest absolute Gasteiger partial charge is 0.458 e. The van der Waals surface area contributed by atoms with E-state index in [0.29, 0.717) is 51.8 Å². The normalized spacial score (nSPS) is 21.6. The number of carbonyl (C=O) groups is 2. The highest BCUT2D eigenvalue weighted by Gasteiger charge is 2.46. The van der Waals surface area contributed by atoms with Crippen molar-refractivity contribution in [2.24, 2.45) is 0 Å². The number of hydrogen-bond acceptors (Lipinski definition) is 7. The van der Waals surface area contributed by atoms with Gasteiger partial charge in [-0.3, -0.25) is 9.59 Å². The fraction of sp³-hybridized carbons (Fsp3) is 0.360. The Kier molecular flexibility index (Phi) is 5.02. The topological polar surface area (TPSA) is 131 Å². The lowest BCUT2D eigenvalue weighted by Gasteiger charge is -2.31. The van der Waals surface area contributed by atoms with E-state index in [1.807, 2.05) is 0 Å². The van der Waals surface area contributed by atoms with Crippen LogP contribution >= 0.6 is 11.6 Å². The molecule has 0 saturated heterocycles. The van der Waals surface area contributed by atoms with Crippen molar-refractivity contribution in [1.82, 2.24) is 14.9 Å². The highest BCUT2D eigenvalue weighted by Crippen LogP contribution is 2.46. The van der Waals surface area contributed by atoms with Crippen LogP contribution in [0, 0.1) is 5.82 Å². The molecule has 9 nitrogen and oxygen atoms in total. The number of hydrogen-bond donors (Lipinski definition) is 3. The summed E-state index contributed by atoms with van der Waals surface area (Å²) in [5.74, 6) is -2.02. The standard InChI is InChI=1S/C25H21ClFN3O6/c1-2-25(35)13-5-17-22-11(7-30(17)23(33)12(13)9-36-24(25)34)20-15(28-18(32)8-31)4-3-10-19(20)16(29-22)6-14(27)21(10)26/h5-6,15,31,35H,2-4,7-9H2,1H3,(H,28,32)/t15-,25-/m0/s1. The monoisotopic (exact) mass is 513 g/mol. The first kappa shape index (κ1) is 23.1. The van der Waals surface area contributed by atoms with Crippen LogP contribution in [0.25, 0.3) is 22.3 Å². The zero-order valence-electron chi connectivity index (χ0n) is 19.2. The van der Waals surface area contributed by atoms with Gasteiger partial charge in [0.15, 0.2) is 5.60 Å². The maximum absolute atomic E-state index is 14.7. The van der Waals surface area contributed by atoms with E-state index in [4.69, 9.17) is 21.3 Å². The maximum Gasteiger partial charge on any atom is 0.343 e. The number of halogens is 2. The van der Waals surface area contributed by atoms with Gasteiger partial charge in [-0.1, -0.05) is 18.5 Å². The van der Waals surface area contributed by atoms with Crippen molar-refractivity contribution in [3.63, 3.8) is 0 Å². The predicted octanol–water partition coefficient (Wildman–Crippen LogP) is 1.97. The molecule has 3 aliphatic rings. The molecule has 0 radical (unpaired) electrons. The van der Waals surface area contributed by atoms with Crippen molar-refractivity contribution in [3.05, 3.63) is 61.1 Å². The number of aromatic nitrogens is 2. The zero-order chi connectivity index (χ0) is 25.5. The molecule has 0 unspecified atom stereocenters. The molecule has 0 spiro atoms. The molecule has 11 heteroatoms. The third-order valence-corrected chi connectivity index (χ3v) is 7.93. The Balaban J connectivity index is 1.66. The number of amides is 1. The van der Waals surface area contributed by atoms with Crippen LogP contribution in [-0.4, -0.2) is 38.2 Å². The summed E-state index contributed by atoms with van der Waals surface area (Å²) in [6.45, 7) is 0.787. The third kappa shape index (κ3) is 2.95. The van der Waals surface area contributed by atoms with Crippen molar-refractivity contribution in [3.8, 4) is 11.4 Å². The number of rotatable bonds is 3. The molecule has 4 heterocycles. The molecule has 1 aliphatic carbocycles. The lowest BCUT2D eigenvalue weighted by atomic mass is 9.83. The number of fused-ring (bicyclic) bond motifs is 5. The summed E-state index contributed by atoms with van der Waals surface area (Å²) in [7, 11) is 0. The van der Waals surface area contributed by atoms with Gasteiger partial charge in [-0.15, -0.1) is 0 Å². The van der Waals surface area contributed by atoms with E-state index < -0.39 is 41.5 Å². The first-order valence-corrected chi connectivity index (χ1v) is 12.0. The molecule has 3 aromatic rings. The number of pyridine rings is 2. The Labute approximate surface area is 208 Å². The molecule has 0 saturated carbocycles. The number of ether oxygens (including phenoxy) is 1. The summed E-state index contributed by atoms with van der Waals surface area (Å²) < 4.78 is 21.3. The summed E-state index contributed by atoms with van der Waals surface area (Å²) in [5, 5.41) is 23.8. The van der Waals surface area contributed by atoms with Gasteiger partial charge in [0.2, 0.25) is 5.91 Å². The number of aryl methyl sites for hydroxylation is 1. The van der Waals surface area contributed by atoms with Crippen LogP contribution in [0.5, 0.6) is 0 Å². The number of aliphatic hydroxyl groups excluding tert-OH is 1. The Bertz CT molecular complexity index is 1580. The first-order valence-electron chi connectivity index (χ1n) is 11.6. The van der Waals surface area contributed by atoms with E-state index in [1.165, 1.54) is 10.6 Å². The predicted molar refractivity (Wildman–Crippen MR) is 126 cm³/mol. The van der Waals surface area contributed by atoms with Crippen molar-refractivity contribution < 1.29 is 28.9 Å². The first-order chi connectivity index (χ1) is 17.2. The van der Waals surface area contributed by atoms with Gasteiger partial charge in [-0.05, 0) is 36.5 Å². The molecule has 1 aromatic carbocycles. The molecule has 1 amide bonds. The Hall–Kier alpha value is -3.34. The molecular formula is C25H21ClFN3O6. The highest BCUT2D eigenvalue weighted by molar-refractivity contribution is 6.32. The van der Waals surface area contributed by atoms with E-state index in [2.05, 4.69) is 5.32 Å². The Morgan fingerprint density at radius 1 is 1.33 bits per heavy atom. The fourth-order valence-electron chi connectivity index (χ4n) is 5.74. The number of benzene rings is 1. The van der Waals surface area contributed by atoms with Crippen molar-refractivity contribution >= 4 is 34.4 Å². The van der Waals surface area contributed by atoms with Crippen molar-refractivity contribution in [1.29, 1.82) is 0 Å². The summed E-state index contributed by atoms with van der Waals surface area (Å²) in [6, 6.07) is 2.28. The molecule has 2 aliphatic heterocycles. The SMILES string of the molecule is CC[C@@]1(O)C(=O)OCc2c1cc1n(c2=O)Cc2c-1nc1cc(F)c(Cl)c3c1c2[C@@H](NC(=O)CO)CC3. The lowest BCUT2D eigenvalue weighted by Crippen LogP contribution is -2.44. The number of aliphatic hydroxyl groups is 2. The molecule has 6 rings (SSSR count). The van der Waals surface area contributed by atoms with Gasteiger partial charge in [-0.2, -0.15) is 0 Å². The second-order valence-corrected chi connectivity index (χ2v) is 9.70. The Morgan fingerprint density at radius 3 is 2.83 bits per heavy atom. The van der Waals surface area contributed by atoms with Crippen LogP contribution in [0.15, 0.2) is 16.9 Å². The van der Waals surface area contributed by atoms with Crippen molar-refractivity contribution in [2.75, 3.05) is 6.61 Å². The van der Waals surface area contributed by atoms with Gasteiger partial charge in [-0.25, -0.2) is 14.2 Å². The van der Waals surface area contributed by atoms with Gasteiger partial charge >= 0.3 is 5.97 Å². The molecule has 186 valence electrons. The van der Waals surface area contributed by atoms with Crippen LogP contribution in [0.3, 0.4) is 0 Å². The molecule has 2 aromatic heterocycles. The second-order valence-electron chi connectivity index (χ2n) is 9.32. The molecule has 36 heavy (non-hydrogen) atoms. The summed E-state index contributed by atoms with van der Waals surface area (Å²) in [5.41, 5.74) is 0.951. The average Bonchev–Trinajstić information content (AvgIpc) is 3.24. The van der Waals surface area contributed by atoms with E-state index in [0.717, 1.165) is 0 Å². The molecule has 3 N–H and O–H groups in total. The number of cyclic esters (lactones) is 1. The number of esters is 1. The quantitative estimate of drug-likeness (QED) is 0.357. The summed E-state index contributed by atoms with van der Waals surface area (Å²) in [4.78, 5) is 42.8. The summed E-state index contributed by atoms with van der Waals surface area (Å²) in [6.07, 6.45) is 0.807. The van der Waals surface area contributed by atoms with Crippen LogP contribution in [0.1, 0.15) is 53.6 Å². The van der Waals surface area contributed by atoms with Gasteiger partial charge < -0.3 is 24.8 Å². The van der Waals surface area contributed by atoms with Gasteiger partial charge in [0, 0.05) is 22.6 Å². The third-order valence-electron chi connectivity index (χ3n) is 7.52. The van der Waals surface area contributed by atoms with E-state index in [1.54, 1.807) is 13.0 Å². The van der Waals surface area contributed by atoms with Gasteiger partial charge in [0.05, 0.1) is 40.1 Å². The number of carbonyl (C=O) groups excluding carboxylic acids is 2. The lowest BCUT2D eigenvalue weighted by molar-refractivity contribution is -0.172. The van der Waals surface area contributed by atoms with E-state index in [-0.39, 0.29) is 35.7 Å². The van der Waals surface area contributed by atoms with Gasteiger partial charge in [0.25, 0.3) is 5.56 Å². The summed E-state index contributed by atoms with van der Waals surface area (Å²) >= 11 is 6.31. The fourth-order valence-corrected chi connectivity index (χ4v) is 5.98. The van der Waals surface area contributed by atoms with Gasteiger partial charge in [0.1, 0.15) is 19.0 Å². The smallest absolute Gasteiger partial charge is 0.343 e.